The van der Waals surface area contributed by atoms with Crippen LogP contribution < -0.4 is 5.32 Å². The Kier molecular flexibility index (Phi) is 3.92. The number of rotatable bonds is 4. The SMILES string of the molecule is Cc1ccc(CNC(=O)Cn2c(C)nc3ccccc32)cc1. The van der Waals surface area contributed by atoms with Crippen LogP contribution in [-0.4, -0.2) is 15.5 Å². The standard InChI is InChI=1S/C18H19N3O/c1-13-7-9-15(10-8-13)11-19-18(22)12-21-14(2)20-16-5-3-4-6-17(16)21/h3-10H,11-12H2,1-2H3,(H,19,22). The zero-order valence-electron chi connectivity index (χ0n) is 12.8. The number of aromatic nitrogens is 2. The van der Waals surface area contributed by atoms with Crippen LogP contribution in [0.2, 0.25) is 0 Å². The zero-order chi connectivity index (χ0) is 15.5. The summed E-state index contributed by atoms with van der Waals surface area (Å²) < 4.78 is 1.94. The summed E-state index contributed by atoms with van der Waals surface area (Å²) in [7, 11) is 0. The van der Waals surface area contributed by atoms with E-state index in [-0.39, 0.29) is 12.5 Å². The summed E-state index contributed by atoms with van der Waals surface area (Å²) in [6, 6.07) is 16.0. The molecule has 1 N–H and O–H groups in total. The molecule has 0 saturated heterocycles. The molecule has 3 rings (SSSR count). The Bertz CT molecular complexity index is 803. The summed E-state index contributed by atoms with van der Waals surface area (Å²) in [6.45, 7) is 4.81. The van der Waals surface area contributed by atoms with Crippen molar-refractivity contribution in [2.45, 2.75) is 26.9 Å². The largest absolute Gasteiger partial charge is 0.350 e. The second kappa shape index (κ2) is 6.02. The fourth-order valence-electron chi connectivity index (χ4n) is 2.50. The van der Waals surface area contributed by atoms with Gasteiger partial charge in [-0.25, -0.2) is 4.98 Å². The lowest BCUT2D eigenvalue weighted by molar-refractivity contribution is -0.121. The molecule has 0 spiro atoms. The van der Waals surface area contributed by atoms with Crippen LogP contribution in [0.25, 0.3) is 11.0 Å². The van der Waals surface area contributed by atoms with Crippen molar-refractivity contribution >= 4 is 16.9 Å². The van der Waals surface area contributed by atoms with Gasteiger partial charge in [0.15, 0.2) is 0 Å². The monoisotopic (exact) mass is 293 g/mol. The molecule has 0 aliphatic heterocycles. The zero-order valence-corrected chi connectivity index (χ0v) is 12.8. The smallest absolute Gasteiger partial charge is 0.240 e. The number of aryl methyl sites for hydroxylation is 2. The normalized spacial score (nSPS) is 10.8. The van der Waals surface area contributed by atoms with Gasteiger partial charge in [0.1, 0.15) is 12.4 Å². The van der Waals surface area contributed by atoms with Gasteiger partial charge in [0, 0.05) is 6.54 Å². The first-order valence-corrected chi connectivity index (χ1v) is 7.37. The highest BCUT2D eigenvalue weighted by atomic mass is 16.1. The van der Waals surface area contributed by atoms with Crippen molar-refractivity contribution < 1.29 is 4.79 Å². The van der Waals surface area contributed by atoms with E-state index < -0.39 is 0 Å². The third-order valence-corrected chi connectivity index (χ3v) is 3.76. The van der Waals surface area contributed by atoms with Crippen LogP contribution in [0.4, 0.5) is 0 Å². The molecule has 0 aliphatic carbocycles. The second-order valence-electron chi connectivity index (χ2n) is 5.50. The number of benzene rings is 2. The van der Waals surface area contributed by atoms with Gasteiger partial charge in [-0.3, -0.25) is 4.79 Å². The molecule has 0 unspecified atom stereocenters. The highest BCUT2D eigenvalue weighted by Gasteiger charge is 2.10. The molecular formula is C18H19N3O. The van der Waals surface area contributed by atoms with E-state index in [0.29, 0.717) is 6.54 Å². The van der Waals surface area contributed by atoms with Gasteiger partial charge >= 0.3 is 0 Å². The minimum atomic E-state index is -0.00757. The van der Waals surface area contributed by atoms with Crippen molar-refractivity contribution in [3.63, 3.8) is 0 Å². The lowest BCUT2D eigenvalue weighted by atomic mass is 10.1. The molecule has 0 radical (unpaired) electrons. The molecule has 22 heavy (non-hydrogen) atoms. The number of nitrogens with zero attached hydrogens (tertiary/aromatic N) is 2. The molecule has 1 heterocycles. The molecule has 112 valence electrons. The van der Waals surface area contributed by atoms with E-state index in [1.165, 1.54) is 5.56 Å². The average Bonchev–Trinajstić information content (AvgIpc) is 2.83. The number of carbonyl (C=O) groups is 1. The number of carbonyl (C=O) groups excluding carboxylic acids is 1. The van der Waals surface area contributed by atoms with E-state index in [1.807, 2.05) is 47.9 Å². The van der Waals surface area contributed by atoms with Crippen molar-refractivity contribution in [1.29, 1.82) is 0 Å². The minimum Gasteiger partial charge on any atom is -0.350 e. The predicted octanol–water partition coefficient (Wildman–Crippen LogP) is 2.97. The van der Waals surface area contributed by atoms with Gasteiger partial charge in [-0.2, -0.15) is 0 Å². The number of para-hydroxylation sites is 2. The number of hydrogen-bond acceptors (Lipinski definition) is 2. The van der Waals surface area contributed by atoms with Crippen molar-refractivity contribution in [1.82, 2.24) is 14.9 Å². The Hall–Kier alpha value is -2.62. The van der Waals surface area contributed by atoms with Gasteiger partial charge in [-0.05, 0) is 31.5 Å². The maximum absolute atomic E-state index is 12.2. The number of amides is 1. The van der Waals surface area contributed by atoms with Crippen LogP contribution in [0.1, 0.15) is 17.0 Å². The number of fused-ring (bicyclic) bond motifs is 1. The van der Waals surface area contributed by atoms with Crippen LogP contribution in [0.5, 0.6) is 0 Å². The highest BCUT2D eigenvalue weighted by Crippen LogP contribution is 2.15. The van der Waals surface area contributed by atoms with Gasteiger partial charge in [0.2, 0.25) is 5.91 Å². The van der Waals surface area contributed by atoms with E-state index >= 15 is 0 Å². The summed E-state index contributed by atoms with van der Waals surface area (Å²) in [5.74, 6) is 0.846. The van der Waals surface area contributed by atoms with Crippen LogP contribution in [0, 0.1) is 13.8 Å². The number of nitrogens with one attached hydrogen (secondary N) is 1. The maximum atomic E-state index is 12.2. The highest BCUT2D eigenvalue weighted by molar-refractivity contribution is 5.81. The first-order valence-electron chi connectivity index (χ1n) is 7.37. The summed E-state index contributed by atoms with van der Waals surface area (Å²) in [4.78, 5) is 16.7. The van der Waals surface area contributed by atoms with Crippen LogP contribution >= 0.6 is 0 Å². The lowest BCUT2D eigenvalue weighted by Gasteiger charge is -2.08. The first kappa shape index (κ1) is 14.3. The Balaban J connectivity index is 1.68. The Morgan fingerprint density at radius 2 is 1.82 bits per heavy atom. The van der Waals surface area contributed by atoms with Crippen molar-refractivity contribution in [2.75, 3.05) is 0 Å². The summed E-state index contributed by atoms with van der Waals surface area (Å²) in [6.07, 6.45) is 0. The third kappa shape index (κ3) is 3.01. The van der Waals surface area contributed by atoms with Crippen LogP contribution in [0.3, 0.4) is 0 Å². The maximum Gasteiger partial charge on any atom is 0.240 e. The van der Waals surface area contributed by atoms with Crippen molar-refractivity contribution in [3.05, 3.63) is 65.5 Å². The summed E-state index contributed by atoms with van der Waals surface area (Å²) in [5.41, 5.74) is 4.23. The van der Waals surface area contributed by atoms with Crippen molar-refractivity contribution in [3.8, 4) is 0 Å². The molecule has 0 aliphatic rings. The average molecular weight is 293 g/mol. The molecule has 0 saturated carbocycles. The lowest BCUT2D eigenvalue weighted by Crippen LogP contribution is -2.27. The third-order valence-electron chi connectivity index (χ3n) is 3.76. The van der Waals surface area contributed by atoms with Gasteiger partial charge in [-0.1, -0.05) is 42.0 Å². The Morgan fingerprint density at radius 3 is 2.59 bits per heavy atom. The van der Waals surface area contributed by atoms with E-state index in [4.69, 9.17) is 0 Å². The molecule has 0 atom stereocenters. The van der Waals surface area contributed by atoms with Crippen LogP contribution in [0.15, 0.2) is 48.5 Å². The molecule has 3 aromatic rings. The van der Waals surface area contributed by atoms with Crippen molar-refractivity contribution in [2.24, 2.45) is 0 Å². The fraction of sp³-hybridized carbons (Fsp3) is 0.222. The Labute approximate surface area is 129 Å². The van der Waals surface area contributed by atoms with Gasteiger partial charge < -0.3 is 9.88 Å². The first-order chi connectivity index (χ1) is 10.6. The fourth-order valence-corrected chi connectivity index (χ4v) is 2.50. The van der Waals surface area contributed by atoms with E-state index in [2.05, 4.69) is 29.4 Å². The predicted molar refractivity (Wildman–Crippen MR) is 87.5 cm³/mol. The molecule has 0 fully saturated rings. The van der Waals surface area contributed by atoms with E-state index in [1.54, 1.807) is 0 Å². The molecular weight excluding hydrogens is 274 g/mol. The minimum absolute atomic E-state index is 0.00757. The summed E-state index contributed by atoms with van der Waals surface area (Å²) >= 11 is 0. The van der Waals surface area contributed by atoms with E-state index in [9.17, 15) is 4.79 Å². The van der Waals surface area contributed by atoms with Gasteiger partial charge in [0.25, 0.3) is 0 Å². The van der Waals surface area contributed by atoms with Gasteiger partial charge in [-0.15, -0.1) is 0 Å². The molecule has 0 bridgehead atoms. The molecule has 4 nitrogen and oxygen atoms in total. The summed E-state index contributed by atoms with van der Waals surface area (Å²) in [5, 5.41) is 2.96. The van der Waals surface area contributed by atoms with E-state index in [0.717, 1.165) is 22.4 Å². The molecule has 1 amide bonds. The molecule has 2 aromatic carbocycles. The number of hydrogen-bond donors (Lipinski definition) is 1. The number of imidazole rings is 1. The quantitative estimate of drug-likeness (QED) is 0.804. The molecule has 4 heteroatoms. The van der Waals surface area contributed by atoms with Gasteiger partial charge in [0.05, 0.1) is 11.0 Å². The Morgan fingerprint density at radius 1 is 1.09 bits per heavy atom. The topological polar surface area (TPSA) is 46.9 Å². The van der Waals surface area contributed by atoms with Crippen LogP contribution in [-0.2, 0) is 17.9 Å². The second-order valence-corrected chi connectivity index (χ2v) is 5.50. The molecule has 1 aromatic heterocycles.